The van der Waals surface area contributed by atoms with Crippen LogP contribution in [0.15, 0.2) is 18.7 Å². The molecule has 0 spiro atoms. The van der Waals surface area contributed by atoms with E-state index in [4.69, 9.17) is 4.98 Å². The molecule has 94 valence electrons. The van der Waals surface area contributed by atoms with Crippen LogP contribution in [0.3, 0.4) is 0 Å². The molecule has 1 aromatic heterocycles. The van der Waals surface area contributed by atoms with Gasteiger partial charge in [-0.05, 0) is 44.7 Å². The van der Waals surface area contributed by atoms with Crippen LogP contribution in [0.4, 0.5) is 5.82 Å². The molecule has 0 aliphatic heterocycles. The number of anilines is 1. The maximum absolute atomic E-state index is 9.31. The Balaban J connectivity index is 2.48. The summed E-state index contributed by atoms with van der Waals surface area (Å²) < 4.78 is 0. The molecule has 0 atom stereocenters. The maximum Gasteiger partial charge on any atom is 0.147 e. The Hall–Kier alpha value is -1.82. The fourth-order valence-corrected chi connectivity index (χ4v) is 2.44. The van der Waals surface area contributed by atoms with Crippen molar-refractivity contribution in [3.05, 3.63) is 35.5 Å². The molecule has 0 fully saturated rings. The molecule has 1 aromatic rings. The van der Waals surface area contributed by atoms with Gasteiger partial charge in [0, 0.05) is 18.3 Å². The number of aryl methyl sites for hydroxylation is 2. The van der Waals surface area contributed by atoms with E-state index in [1.165, 1.54) is 11.3 Å². The van der Waals surface area contributed by atoms with E-state index in [9.17, 15) is 5.26 Å². The summed E-state index contributed by atoms with van der Waals surface area (Å²) in [5.74, 6) is 0.813. The van der Waals surface area contributed by atoms with Gasteiger partial charge in [-0.15, -0.1) is 6.58 Å². The van der Waals surface area contributed by atoms with Crippen LogP contribution in [0, 0.1) is 11.3 Å². The molecule has 1 heterocycles. The van der Waals surface area contributed by atoms with Crippen molar-refractivity contribution in [1.29, 1.82) is 5.26 Å². The van der Waals surface area contributed by atoms with E-state index in [0.717, 1.165) is 31.6 Å². The topological polar surface area (TPSA) is 39.9 Å². The van der Waals surface area contributed by atoms with Gasteiger partial charge in [-0.2, -0.15) is 5.26 Å². The minimum absolute atomic E-state index is 0.307. The molecule has 0 bridgehead atoms. The van der Waals surface area contributed by atoms with Crippen LogP contribution in [-0.4, -0.2) is 17.6 Å². The predicted molar refractivity (Wildman–Crippen MR) is 73.7 cm³/mol. The third-order valence-electron chi connectivity index (χ3n) is 3.37. The van der Waals surface area contributed by atoms with E-state index in [1.807, 2.05) is 12.1 Å². The van der Waals surface area contributed by atoms with Gasteiger partial charge >= 0.3 is 0 Å². The van der Waals surface area contributed by atoms with Crippen LogP contribution >= 0.6 is 0 Å². The number of aromatic nitrogens is 1. The van der Waals surface area contributed by atoms with Gasteiger partial charge in [0.05, 0.1) is 5.56 Å². The van der Waals surface area contributed by atoms with Gasteiger partial charge in [-0.25, -0.2) is 4.98 Å². The van der Waals surface area contributed by atoms with Crippen molar-refractivity contribution in [3.63, 3.8) is 0 Å². The van der Waals surface area contributed by atoms with Crippen molar-refractivity contribution in [3.8, 4) is 6.07 Å². The molecule has 3 nitrogen and oxygen atoms in total. The number of pyridine rings is 1. The minimum atomic E-state index is 0.307. The number of hydrogen-bond donors (Lipinski definition) is 0. The molecule has 3 heteroatoms. The standard InChI is InChI=1S/C15H19N3/c1-4-8-18(11(2)3)15-13(10-16)9-12-6-5-7-14(12)17-15/h4,9,11H,1,5-8H2,2-3H3. The summed E-state index contributed by atoms with van der Waals surface area (Å²) in [5, 5.41) is 9.31. The van der Waals surface area contributed by atoms with Gasteiger partial charge in [0.1, 0.15) is 11.9 Å². The molecular weight excluding hydrogens is 222 g/mol. The summed E-state index contributed by atoms with van der Waals surface area (Å²) in [4.78, 5) is 6.85. The molecule has 0 unspecified atom stereocenters. The second kappa shape index (κ2) is 5.22. The monoisotopic (exact) mass is 241 g/mol. The second-order valence-corrected chi connectivity index (χ2v) is 4.97. The largest absolute Gasteiger partial charge is 0.349 e. The first-order valence-corrected chi connectivity index (χ1v) is 6.47. The average molecular weight is 241 g/mol. The Bertz CT molecular complexity index is 497. The smallest absolute Gasteiger partial charge is 0.147 e. The molecule has 0 amide bonds. The minimum Gasteiger partial charge on any atom is -0.349 e. The van der Waals surface area contributed by atoms with E-state index in [-0.39, 0.29) is 0 Å². The zero-order valence-corrected chi connectivity index (χ0v) is 11.1. The number of rotatable bonds is 4. The summed E-state index contributed by atoms with van der Waals surface area (Å²) >= 11 is 0. The first-order chi connectivity index (χ1) is 8.67. The molecule has 18 heavy (non-hydrogen) atoms. The molecule has 0 aromatic carbocycles. The highest BCUT2D eigenvalue weighted by atomic mass is 15.2. The lowest BCUT2D eigenvalue weighted by Gasteiger charge is -2.27. The lowest BCUT2D eigenvalue weighted by atomic mass is 10.1. The third kappa shape index (κ3) is 2.24. The van der Waals surface area contributed by atoms with Gasteiger partial charge in [0.25, 0.3) is 0 Å². The highest BCUT2D eigenvalue weighted by molar-refractivity contribution is 5.57. The summed E-state index contributed by atoms with van der Waals surface area (Å²) in [6, 6.07) is 4.61. The van der Waals surface area contributed by atoms with Crippen molar-refractivity contribution in [2.24, 2.45) is 0 Å². The van der Waals surface area contributed by atoms with Crippen molar-refractivity contribution < 1.29 is 0 Å². The maximum atomic E-state index is 9.31. The third-order valence-corrected chi connectivity index (χ3v) is 3.37. The Morgan fingerprint density at radius 1 is 1.56 bits per heavy atom. The van der Waals surface area contributed by atoms with Crippen LogP contribution in [0.5, 0.6) is 0 Å². The number of nitrogens with zero attached hydrogens (tertiary/aromatic N) is 3. The molecule has 1 aliphatic carbocycles. The van der Waals surface area contributed by atoms with Crippen LogP contribution in [-0.2, 0) is 12.8 Å². The molecular formula is C15H19N3. The van der Waals surface area contributed by atoms with Crippen molar-refractivity contribution in [1.82, 2.24) is 4.98 Å². The highest BCUT2D eigenvalue weighted by Crippen LogP contribution is 2.27. The molecule has 1 aliphatic rings. The Morgan fingerprint density at radius 2 is 2.33 bits per heavy atom. The average Bonchev–Trinajstić information content (AvgIpc) is 2.81. The Kier molecular flexibility index (Phi) is 3.66. The Morgan fingerprint density at radius 3 is 2.94 bits per heavy atom. The SMILES string of the molecule is C=CCN(c1nc2c(cc1C#N)CCC2)C(C)C. The van der Waals surface area contributed by atoms with Crippen LogP contribution in [0.25, 0.3) is 0 Å². The fraction of sp³-hybridized carbons (Fsp3) is 0.467. The summed E-state index contributed by atoms with van der Waals surface area (Å²) in [5.41, 5.74) is 3.10. The van der Waals surface area contributed by atoms with E-state index in [2.05, 4.69) is 31.4 Å². The van der Waals surface area contributed by atoms with Gasteiger partial charge < -0.3 is 4.90 Å². The van der Waals surface area contributed by atoms with E-state index in [0.29, 0.717) is 11.6 Å². The quantitative estimate of drug-likeness (QED) is 0.761. The van der Waals surface area contributed by atoms with Crippen LogP contribution in [0.2, 0.25) is 0 Å². The predicted octanol–water partition coefficient (Wildman–Crippen LogP) is 2.84. The molecule has 0 saturated heterocycles. The first-order valence-electron chi connectivity index (χ1n) is 6.47. The highest BCUT2D eigenvalue weighted by Gasteiger charge is 2.20. The van der Waals surface area contributed by atoms with Crippen LogP contribution in [0.1, 0.15) is 37.1 Å². The van der Waals surface area contributed by atoms with E-state index < -0.39 is 0 Å². The van der Waals surface area contributed by atoms with Crippen LogP contribution < -0.4 is 4.90 Å². The molecule has 0 N–H and O–H groups in total. The zero-order chi connectivity index (χ0) is 13.1. The normalized spacial score (nSPS) is 13.2. The van der Waals surface area contributed by atoms with Gasteiger partial charge in [0.15, 0.2) is 0 Å². The molecule has 2 rings (SSSR count). The first kappa shape index (κ1) is 12.6. The summed E-state index contributed by atoms with van der Waals surface area (Å²) in [6.45, 7) is 8.73. The summed E-state index contributed by atoms with van der Waals surface area (Å²) in [7, 11) is 0. The second-order valence-electron chi connectivity index (χ2n) is 4.97. The number of hydrogen-bond acceptors (Lipinski definition) is 3. The lowest BCUT2D eigenvalue weighted by molar-refractivity contribution is 0.709. The van der Waals surface area contributed by atoms with Gasteiger partial charge in [0.2, 0.25) is 0 Å². The lowest BCUT2D eigenvalue weighted by Crippen LogP contribution is -2.32. The van der Waals surface area contributed by atoms with E-state index >= 15 is 0 Å². The molecule has 0 radical (unpaired) electrons. The summed E-state index contributed by atoms with van der Waals surface area (Å²) in [6.07, 6.45) is 5.10. The molecule has 0 saturated carbocycles. The Labute approximate surface area is 109 Å². The number of fused-ring (bicyclic) bond motifs is 1. The number of nitriles is 1. The fourth-order valence-electron chi connectivity index (χ4n) is 2.44. The van der Waals surface area contributed by atoms with Gasteiger partial charge in [-0.3, -0.25) is 0 Å². The van der Waals surface area contributed by atoms with E-state index in [1.54, 1.807) is 0 Å². The van der Waals surface area contributed by atoms with Crippen molar-refractivity contribution in [2.75, 3.05) is 11.4 Å². The van der Waals surface area contributed by atoms with Gasteiger partial charge in [-0.1, -0.05) is 6.08 Å². The van der Waals surface area contributed by atoms with Crippen molar-refractivity contribution >= 4 is 5.82 Å². The zero-order valence-electron chi connectivity index (χ0n) is 11.1. The van der Waals surface area contributed by atoms with Crippen molar-refractivity contribution in [2.45, 2.75) is 39.2 Å².